The van der Waals surface area contributed by atoms with E-state index in [0.717, 1.165) is 19.3 Å². The third-order valence-electron chi connectivity index (χ3n) is 3.90. The summed E-state index contributed by atoms with van der Waals surface area (Å²) in [5, 5.41) is 0. The van der Waals surface area contributed by atoms with E-state index < -0.39 is 0 Å². The molecule has 1 aromatic carbocycles. The lowest BCUT2D eigenvalue weighted by molar-refractivity contribution is -0.142. The van der Waals surface area contributed by atoms with E-state index in [4.69, 9.17) is 9.47 Å². The van der Waals surface area contributed by atoms with Gasteiger partial charge in [0.1, 0.15) is 0 Å². The van der Waals surface area contributed by atoms with Crippen molar-refractivity contribution in [3.8, 4) is 0 Å². The molecule has 0 aromatic heterocycles. The van der Waals surface area contributed by atoms with Gasteiger partial charge in [-0.3, -0.25) is 4.79 Å². The Balaban J connectivity index is 2.05. The second kappa shape index (κ2) is 6.20. The van der Waals surface area contributed by atoms with Gasteiger partial charge in [0.15, 0.2) is 0 Å². The Kier molecular flexibility index (Phi) is 4.59. The van der Waals surface area contributed by atoms with E-state index in [1.54, 1.807) is 0 Å². The van der Waals surface area contributed by atoms with Gasteiger partial charge in [-0.1, -0.05) is 37.6 Å². The van der Waals surface area contributed by atoms with Crippen molar-refractivity contribution in [3.63, 3.8) is 0 Å². The molecule has 0 bridgehead atoms. The minimum absolute atomic E-state index is 0.0128. The molecule has 0 spiro atoms. The van der Waals surface area contributed by atoms with Crippen LogP contribution in [0.1, 0.15) is 37.3 Å². The lowest BCUT2D eigenvalue weighted by Gasteiger charge is -2.42. The molecular weight excluding hydrogens is 240 g/mol. The zero-order valence-electron chi connectivity index (χ0n) is 11.8. The van der Waals surface area contributed by atoms with Crippen molar-refractivity contribution in [1.29, 1.82) is 0 Å². The molecule has 0 N–H and O–H groups in total. The van der Waals surface area contributed by atoms with E-state index in [1.165, 1.54) is 18.2 Å². The van der Waals surface area contributed by atoms with Crippen molar-refractivity contribution < 1.29 is 14.3 Å². The van der Waals surface area contributed by atoms with Crippen molar-refractivity contribution in [2.75, 3.05) is 20.3 Å². The number of hydrogen-bond acceptors (Lipinski definition) is 3. The van der Waals surface area contributed by atoms with E-state index in [1.807, 2.05) is 0 Å². The Morgan fingerprint density at radius 2 is 2.00 bits per heavy atom. The van der Waals surface area contributed by atoms with E-state index in [-0.39, 0.29) is 11.4 Å². The average Bonchev–Trinajstić information content (AvgIpc) is 2.39. The van der Waals surface area contributed by atoms with Crippen LogP contribution in [0.5, 0.6) is 0 Å². The minimum atomic E-state index is -0.145. The van der Waals surface area contributed by atoms with Crippen LogP contribution in [0.4, 0.5) is 0 Å². The fourth-order valence-electron chi connectivity index (χ4n) is 2.56. The van der Waals surface area contributed by atoms with Crippen LogP contribution in [0.25, 0.3) is 0 Å². The number of benzene rings is 1. The van der Waals surface area contributed by atoms with E-state index in [0.29, 0.717) is 19.6 Å². The van der Waals surface area contributed by atoms with Crippen LogP contribution in [0, 0.1) is 0 Å². The fourth-order valence-corrected chi connectivity index (χ4v) is 2.56. The molecule has 0 atom stereocenters. The summed E-state index contributed by atoms with van der Waals surface area (Å²) < 4.78 is 10.1. The predicted octanol–water partition coefficient (Wildman–Crippen LogP) is 2.86. The molecule has 1 aliphatic heterocycles. The third-order valence-corrected chi connectivity index (χ3v) is 3.90. The molecule has 1 fully saturated rings. The quantitative estimate of drug-likeness (QED) is 0.739. The molecule has 1 saturated heterocycles. The normalized spacial score (nSPS) is 16.7. The number of rotatable bonds is 6. The molecule has 1 aromatic rings. The van der Waals surface area contributed by atoms with Crippen molar-refractivity contribution in [3.05, 3.63) is 35.4 Å². The minimum Gasteiger partial charge on any atom is -0.469 e. The molecule has 0 aliphatic carbocycles. The second-order valence-corrected chi connectivity index (χ2v) is 5.30. The smallest absolute Gasteiger partial charge is 0.305 e. The topological polar surface area (TPSA) is 35.5 Å². The standard InChI is InChI=1S/C16H22O3/c1-3-4-13-5-7-14(8-6-13)16(11-19-12-16)10-9-15(17)18-2/h5-8H,3-4,9-12H2,1-2H3. The summed E-state index contributed by atoms with van der Waals surface area (Å²) in [5.41, 5.74) is 2.66. The van der Waals surface area contributed by atoms with Gasteiger partial charge >= 0.3 is 5.97 Å². The molecule has 0 radical (unpaired) electrons. The van der Waals surface area contributed by atoms with Gasteiger partial charge < -0.3 is 9.47 Å². The Morgan fingerprint density at radius 1 is 1.32 bits per heavy atom. The maximum atomic E-state index is 11.3. The van der Waals surface area contributed by atoms with Gasteiger partial charge in [-0.05, 0) is 24.0 Å². The third kappa shape index (κ3) is 3.16. The fraction of sp³-hybridized carbons (Fsp3) is 0.562. The molecule has 3 nitrogen and oxygen atoms in total. The zero-order valence-corrected chi connectivity index (χ0v) is 11.8. The van der Waals surface area contributed by atoms with Crippen LogP contribution in [-0.4, -0.2) is 26.3 Å². The van der Waals surface area contributed by atoms with Crippen LogP contribution in [-0.2, 0) is 26.1 Å². The molecule has 3 heteroatoms. The predicted molar refractivity (Wildman–Crippen MR) is 74.2 cm³/mol. The van der Waals surface area contributed by atoms with E-state index in [2.05, 4.69) is 31.2 Å². The summed E-state index contributed by atoms with van der Waals surface area (Å²) in [7, 11) is 1.44. The Hall–Kier alpha value is -1.35. The first-order valence-corrected chi connectivity index (χ1v) is 6.94. The first kappa shape index (κ1) is 14.1. The number of aryl methyl sites for hydroxylation is 1. The first-order valence-electron chi connectivity index (χ1n) is 6.94. The average molecular weight is 262 g/mol. The largest absolute Gasteiger partial charge is 0.469 e. The number of carbonyl (C=O) groups is 1. The van der Waals surface area contributed by atoms with Gasteiger partial charge in [-0.25, -0.2) is 0 Å². The summed E-state index contributed by atoms with van der Waals surface area (Å²) >= 11 is 0. The molecule has 0 unspecified atom stereocenters. The van der Waals surface area contributed by atoms with Gasteiger partial charge in [-0.2, -0.15) is 0 Å². The maximum Gasteiger partial charge on any atom is 0.305 e. The highest BCUT2D eigenvalue weighted by Gasteiger charge is 2.40. The maximum absolute atomic E-state index is 11.3. The van der Waals surface area contributed by atoms with Gasteiger partial charge in [0.25, 0.3) is 0 Å². The van der Waals surface area contributed by atoms with Crippen LogP contribution < -0.4 is 0 Å². The van der Waals surface area contributed by atoms with Crippen molar-refractivity contribution in [2.24, 2.45) is 0 Å². The van der Waals surface area contributed by atoms with E-state index in [9.17, 15) is 4.79 Å². The molecule has 1 aliphatic rings. The summed E-state index contributed by atoms with van der Waals surface area (Å²) in [4.78, 5) is 11.3. The number of esters is 1. The lowest BCUT2D eigenvalue weighted by Crippen LogP contribution is -2.47. The number of methoxy groups -OCH3 is 1. The molecular formula is C16H22O3. The monoisotopic (exact) mass is 262 g/mol. The summed E-state index contributed by atoms with van der Waals surface area (Å²) in [6.45, 7) is 3.60. The van der Waals surface area contributed by atoms with Gasteiger partial charge in [0.2, 0.25) is 0 Å². The number of carbonyl (C=O) groups excluding carboxylic acids is 1. The second-order valence-electron chi connectivity index (χ2n) is 5.30. The van der Waals surface area contributed by atoms with Gasteiger partial charge in [0, 0.05) is 11.8 Å². The number of ether oxygens (including phenoxy) is 2. The highest BCUT2D eigenvalue weighted by atomic mass is 16.5. The molecule has 1 heterocycles. The number of hydrogen-bond donors (Lipinski definition) is 0. The van der Waals surface area contributed by atoms with Gasteiger partial charge in [-0.15, -0.1) is 0 Å². The van der Waals surface area contributed by atoms with E-state index >= 15 is 0 Å². The first-order chi connectivity index (χ1) is 9.20. The summed E-state index contributed by atoms with van der Waals surface area (Å²) in [6.07, 6.45) is 3.53. The molecule has 2 rings (SSSR count). The zero-order chi connectivity index (χ0) is 13.7. The van der Waals surface area contributed by atoms with Crippen LogP contribution in [0.2, 0.25) is 0 Å². The molecule has 0 amide bonds. The molecule has 0 saturated carbocycles. The highest BCUT2D eigenvalue weighted by molar-refractivity contribution is 5.69. The van der Waals surface area contributed by atoms with Crippen LogP contribution in [0.15, 0.2) is 24.3 Å². The Morgan fingerprint density at radius 3 is 2.47 bits per heavy atom. The summed E-state index contributed by atoms with van der Waals surface area (Å²) in [5.74, 6) is -0.145. The summed E-state index contributed by atoms with van der Waals surface area (Å²) in [6, 6.07) is 8.75. The lowest BCUT2D eigenvalue weighted by atomic mass is 9.75. The molecule has 104 valence electrons. The van der Waals surface area contributed by atoms with Crippen LogP contribution in [0.3, 0.4) is 0 Å². The van der Waals surface area contributed by atoms with Crippen LogP contribution >= 0.6 is 0 Å². The van der Waals surface area contributed by atoms with Crippen molar-refractivity contribution in [1.82, 2.24) is 0 Å². The highest BCUT2D eigenvalue weighted by Crippen LogP contribution is 2.37. The Bertz CT molecular complexity index is 418. The van der Waals surface area contributed by atoms with Gasteiger partial charge in [0.05, 0.1) is 20.3 Å². The molecule has 19 heavy (non-hydrogen) atoms. The SMILES string of the molecule is CCCc1ccc(C2(CCC(=O)OC)COC2)cc1. The van der Waals surface area contributed by atoms with Crippen molar-refractivity contribution >= 4 is 5.97 Å². The Labute approximate surface area is 114 Å². The van der Waals surface area contributed by atoms with Crippen molar-refractivity contribution in [2.45, 2.75) is 38.0 Å².